The lowest BCUT2D eigenvalue weighted by Gasteiger charge is -2.53. The number of benzene rings is 2. The maximum atomic E-state index is 13.7. The van der Waals surface area contributed by atoms with E-state index in [2.05, 4.69) is 5.32 Å². The molecule has 43 heavy (non-hydrogen) atoms. The smallest absolute Gasteiger partial charge is 0.323 e. The van der Waals surface area contributed by atoms with E-state index in [1.807, 2.05) is 24.3 Å². The van der Waals surface area contributed by atoms with Gasteiger partial charge in [0.05, 0.1) is 47.2 Å². The number of fused-ring (bicyclic) bond motifs is 3. The summed E-state index contributed by atoms with van der Waals surface area (Å²) >= 11 is 0. The Morgan fingerprint density at radius 2 is 1.40 bits per heavy atom. The minimum atomic E-state index is -1.48. The second-order valence-electron chi connectivity index (χ2n) is 11.2. The summed E-state index contributed by atoms with van der Waals surface area (Å²) < 4.78 is 33.8. The molecule has 0 aromatic heterocycles. The highest BCUT2D eigenvalue weighted by molar-refractivity contribution is 6.08. The average Bonchev–Trinajstić information content (AvgIpc) is 3.03. The van der Waals surface area contributed by atoms with E-state index in [-0.39, 0.29) is 26.1 Å². The van der Waals surface area contributed by atoms with Gasteiger partial charge >= 0.3 is 11.9 Å². The van der Waals surface area contributed by atoms with Gasteiger partial charge in [0.15, 0.2) is 28.4 Å². The Balaban J connectivity index is 1.75. The summed E-state index contributed by atoms with van der Waals surface area (Å²) in [6.07, 6.45) is 2.42. The summed E-state index contributed by atoms with van der Waals surface area (Å²) in [6.45, 7) is 5.09. The lowest BCUT2D eigenvalue weighted by molar-refractivity contribution is -0.177. The highest BCUT2D eigenvalue weighted by atomic mass is 16.6. The number of methoxy groups -OCH3 is 4. The fourth-order valence-electron chi connectivity index (χ4n) is 7.17. The fourth-order valence-corrected chi connectivity index (χ4v) is 7.17. The summed E-state index contributed by atoms with van der Waals surface area (Å²) in [4.78, 5) is 32.6. The highest BCUT2D eigenvalue weighted by Crippen LogP contribution is 2.55. The highest BCUT2D eigenvalue weighted by Gasteiger charge is 2.61. The van der Waals surface area contributed by atoms with Gasteiger partial charge in [0.1, 0.15) is 0 Å². The molecule has 1 aliphatic carbocycles. The molecule has 2 aromatic rings. The van der Waals surface area contributed by atoms with Gasteiger partial charge in [-0.05, 0) is 86.9 Å². The first-order valence-corrected chi connectivity index (χ1v) is 15.0. The molecule has 0 saturated heterocycles. The zero-order valence-electron chi connectivity index (χ0n) is 26.0. The minimum Gasteiger partial charge on any atom is -0.493 e. The molecular formula is C33H42N2O8. The van der Waals surface area contributed by atoms with Crippen molar-refractivity contribution in [1.29, 1.82) is 0 Å². The number of ether oxygens (including phenoxy) is 6. The Morgan fingerprint density at radius 1 is 0.814 bits per heavy atom. The Kier molecular flexibility index (Phi) is 8.87. The molecule has 10 heteroatoms. The molecule has 0 radical (unpaired) electrons. The van der Waals surface area contributed by atoms with E-state index in [9.17, 15) is 9.59 Å². The van der Waals surface area contributed by atoms with E-state index in [0.717, 1.165) is 40.8 Å². The third-order valence-corrected chi connectivity index (χ3v) is 9.23. The second-order valence-corrected chi connectivity index (χ2v) is 11.2. The number of hydrogen-bond donors (Lipinski definition) is 1. The number of esters is 2. The van der Waals surface area contributed by atoms with Crippen LogP contribution in [0, 0.1) is 11.3 Å². The third-order valence-electron chi connectivity index (χ3n) is 9.23. The number of aliphatic imine (C=N–C) groups is 1. The van der Waals surface area contributed by atoms with Crippen LogP contribution in [0.3, 0.4) is 0 Å². The molecule has 232 valence electrons. The van der Waals surface area contributed by atoms with E-state index in [1.165, 1.54) is 0 Å². The predicted octanol–water partition coefficient (Wildman–Crippen LogP) is 4.02. The number of carbonyl (C=O) groups excluding carboxylic acids is 2. The van der Waals surface area contributed by atoms with Gasteiger partial charge in [0.25, 0.3) is 0 Å². The summed E-state index contributed by atoms with van der Waals surface area (Å²) in [7, 11) is 6.49. The summed E-state index contributed by atoms with van der Waals surface area (Å²) in [5.74, 6) is 1.01. The van der Waals surface area contributed by atoms with Crippen molar-refractivity contribution in [2.75, 3.05) is 54.7 Å². The first-order valence-electron chi connectivity index (χ1n) is 15.0. The first kappa shape index (κ1) is 30.7. The van der Waals surface area contributed by atoms with Crippen LogP contribution in [0.25, 0.3) is 0 Å². The Labute approximate surface area is 253 Å². The molecule has 2 unspecified atom stereocenters. The SMILES string of the molecule is CCOC(=O)C1(C(=O)OCC)CCC2(NCCc3cc(OC)c(OC)cc32)C(C2=NCCc3cc(OC)c(OC)cc32)C1. The quantitative estimate of drug-likeness (QED) is 0.340. The van der Waals surface area contributed by atoms with Gasteiger partial charge in [-0.25, -0.2) is 0 Å². The van der Waals surface area contributed by atoms with Gasteiger partial charge in [0, 0.05) is 30.3 Å². The lowest BCUT2D eigenvalue weighted by Crippen LogP contribution is -2.61. The molecule has 2 aliphatic heterocycles. The van der Waals surface area contributed by atoms with Gasteiger partial charge < -0.3 is 33.7 Å². The molecule has 0 bridgehead atoms. The van der Waals surface area contributed by atoms with Crippen LogP contribution in [0.15, 0.2) is 29.3 Å². The van der Waals surface area contributed by atoms with Crippen LogP contribution in [0.4, 0.5) is 0 Å². The van der Waals surface area contributed by atoms with Crippen molar-refractivity contribution >= 4 is 17.7 Å². The van der Waals surface area contributed by atoms with Crippen LogP contribution in [0.1, 0.15) is 55.4 Å². The summed E-state index contributed by atoms with van der Waals surface area (Å²) in [5.41, 5.74) is 2.86. The first-order chi connectivity index (χ1) is 20.8. The van der Waals surface area contributed by atoms with Gasteiger partial charge in [-0.3, -0.25) is 14.6 Å². The topological polar surface area (TPSA) is 114 Å². The maximum Gasteiger partial charge on any atom is 0.323 e. The second kappa shape index (κ2) is 12.4. The number of carbonyl (C=O) groups is 2. The van der Waals surface area contributed by atoms with Crippen molar-refractivity contribution in [2.24, 2.45) is 16.3 Å². The number of nitrogens with zero attached hydrogens (tertiary/aromatic N) is 1. The predicted molar refractivity (Wildman–Crippen MR) is 161 cm³/mol. The van der Waals surface area contributed by atoms with Crippen molar-refractivity contribution in [3.8, 4) is 23.0 Å². The van der Waals surface area contributed by atoms with E-state index in [4.69, 9.17) is 33.4 Å². The molecule has 10 nitrogen and oxygen atoms in total. The van der Waals surface area contributed by atoms with Crippen molar-refractivity contribution < 1.29 is 38.0 Å². The number of nitrogens with one attached hydrogen (secondary N) is 1. The van der Waals surface area contributed by atoms with Gasteiger partial charge in [-0.15, -0.1) is 0 Å². The van der Waals surface area contributed by atoms with Crippen LogP contribution in [0.5, 0.6) is 23.0 Å². The largest absolute Gasteiger partial charge is 0.493 e. The van der Waals surface area contributed by atoms with Crippen LogP contribution < -0.4 is 24.3 Å². The average molecular weight is 595 g/mol. The molecule has 2 heterocycles. The number of rotatable bonds is 9. The van der Waals surface area contributed by atoms with E-state index < -0.39 is 28.8 Å². The van der Waals surface area contributed by atoms with Gasteiger partial charge in [-0.2, -0.15) is 0 Å². The molecular weight excluding hydrogens is 552 g/mol. The third kappa shape index (κ3) is 5.09. The van der Waals surface area contributed by atoms with Crippen molar-refractivity contribution in [3.05, 3.63) is 46.5 Å². The molecule has 1 N–H and O–H groups in total. The Bertz CT molecular complexity index is 1400. The minimum absolute atomic E-state index is 0.161. The summed E-state index contributed by atoms with van der Waals surface area (Å²) in [6, 6.07) is 8.03. The standard InChI is InChI=1S/C33H42N2O8/c1-7-42-30(36)32(31(37)43-8-2)11-12-33(23-18-28(41-6)26(39-4)16-21(23)10-14-35-33)24(19-32)29-22-17-27(40-5)25(38-3)15-20(22)9-13-34-29/h15-18,24,35H,7-14,19H2,1-6H3. The Hall–Kier alpha value is -3.79. The van der Waals surface area contributed by atoms with E-state index in [1.54, 1.807) is 42.3 Å². The van der Waals surface area contributed by atoms with Crippen LogP contribution in [0.2, 0.25) is 0 Å². The molecule has 5 rings (SSSR count). The van der Waals surface area contributed by atoms with Crippen molar-refractivity contribution in [2.45, 2.75) is 51.5 Å². The zero-order valence-corrected chi connectivity index (χ0v) is 26.0. The molecule has 3 aliphatic rings. The van der Waals surface area contributed by atoms with Crippen molar-refractivity contribution in [1.82, 2.24) is 5.32 Å². The molecule has 1 spiro atoms. The van der Waals surface area contributed by atoms with E-state index in [0.29, 0.717) is 42.5 Å². The number of hydrogen-bond acceptors (Lipinski definition) is 10. The molecule has 0 amide bonds. The van der Waals surface area contributed by atoms with Crippen LogP contribution in [-0.2, 0) is 37.4 Å². The Morgan fingerprint density at radius 3 is 2.00 bits per heavy atom. The lowest BCUT2D eigenvalue weighted by atomic mass is 9.56. The van der Waals surface area contributed by atoms with Crippen LogP contribution in [-0.4, -0.2) is 72.4 Å². The normalized spacial score (nSPS) is 22.0. The molecule has 2 aromatic carbocycles. The summed E-state index contributed by atoms with van der Waals surface area (Å²) in [5, 5.41) is 3.85. The maximum absolute atomic E-state index is 13.7. The van der Waals surface area contributed by atoms with Crippen LogP contribution >= 0.6 is 0 Å². The van der Waals surface area contributed by atoms with E-state index >= 15 is 0 Å². The molecule has 2 atom stereocenters. The zero-order chi connectivity index (χ0) is 30.8. The molecule has 1 saturated carbocycles. The monoisotopic (exact) mass is 594 g/mol. The van der Waals surface area contributed by atoms with Gasteiger partial charge in [0.2, 0.25) is 0 Å². The molecule has 1 fully saturated rings. The van der Waals surface area contributed by atoms with Gasteiger partial charge in [-0.1, -0.05) is 0 Å². The fraction of sp³-hybridized carbons (Fsp3) is 0.545. The van der Waals surface area contributed by atoms with Crippen molar-refractivity contribution in [3.63, 3.8) is 0 Å².